The molecule has 4 unspecified atom stereocenters. The summed E-state index contributed by atoms with van der Waals surface area (Å²) in [5, 5.41) is 10.5. The second kappa shape index (κ2) is 56.1. The largest absolute Gasteiger partial charge is 0.472 e. The molecule has 0 aliphatic heterocycles. The van der Waals surface area contributed by atoms with Crippen LogP contribution in [0.15, 0.2) is 0 Å². The van der Waals surface area contributed by atoms with E-state index in [2.05, 4.69) is 55.4 Å². The van der Waals surface area contributed by atoms with Crippen LogP contribution < -0.4 is 0 Å². The summed E-state index contributed by atoms with van der Waals surface area (Å²) in [6.45, 7) is 14.0. The lowest BCUT2D eigenvalue weighted by atomic mass is 9.99. The van der Waals surface area contributed by atoms with E-state index >= 15 is 0 Å². The van der Waals surface area contributed by atoms with E-state index in [1.807, 2.05) is 0 Å². The second-order valence-electron chi connectivity index (χ2n) is 25.3. The standard InChI is InChI=1S/C66H128O17P2/c1-9-58(7)44-36-28-19-16-17-21-32-40-48-65(70)82-61(53-77-64(69)47-39-31-24-22-27-35-43-57(5)6)54-80-84(72,73)78-50-60(67)51-79-85(74,75)81-55-62(83-66(71)49-41-33-25-23-29-37-45-59(8)10-2)52-76-63(68)46-38-30-20-15-13-11-12-14-18-26-34-42-56(3)4/h56-62,67H,9-55H2,1-8H3,(H,72,73)(H,74,75)/t58?,59?,60-,61+,62+/m0/s1. The number of unbranched alkanes of at least 4 members (excludes halogenated alkanes) is 27. The maximum atomic E-state index is 13.0. The fourth-order valence-corrected chi connectivity index (χ4v) is 11.3. The average Bonchev–Trinajstić information content (AvgIpc) is 3.61. The van der Waals surface area contributed by atoms with Crippen molar-refractivity contribution in [3.8, 4) is 0 Å². The first-order valence-electron chi connectivity index (χ1n) is 34.3. The number of aliphatic hydroxyl groups excluding tert-OH is 1. The highest BCUT2D eigenvalue weighted by atomic mass is 31.2. The second-order valence-corrected chi connectivity index (χ2v) is 28.2. The number of phosphoric acid groups is 2. The van der Waals surface area contributed by atoms with Gasteiger partial charge >= 0.3 is 39.5 Å². The third-order valence-electron chi connectivity index (χ3n) is 15.8. The molecular weight excluding hydrogens is 1130 g/mol. The molecule has 0 aromatic carbocycles. The molecule has 0 saturated carbocycles. The van der Waals surface area contributed by atoms with Crippen LogP contribution in [0.4, 0.5) is 0 Å². The number of aliphatic hydroxyl groups is 1. The summed E-state index contributed by atoms with van der Waals surface area (Å²) in [6.07, 6.45) is 36.3. The van der Waals surface area contributed by atoms with Gasteiger partial charge in [0.1, 0.15) is 19.3 Å². The van der Waals surface area contributed by atoms with E-state index in [1.54, 1.807) is 0 Å². The normalized spacial score (nSPS) is 15.0. The van der Waals surface area contributed by atoms with Crippen molar-refractivity contribution in [1.82, 2.24) is 0 Å². The lowest BCUT2D eigenvalue weighted by Crippen LogP contribution is -2.30. The quantitative estimate of drug-likeness (QED) is 0.0222. The van der Waals surface area contributed by atoms with Crippen LogP contribution in [0.3, 0.4) is 0 Å². The Morgan fingerprint density at radius 2 is 0.565 bits per heavy atom. The summed E-state index contributed by atoms with van der Waals surface area (Å²) in [7, 11) is -9.89. The SMILES string of the molecule is CCC(C)CCCCCCCCCCC(=O)O[C@H](COC(=O)CCCCCCCCC(C)C)COP(=O)(O)OC[C@H](O)COP(=O)(O)OC[C@@H](COC(=O)CCCCCCCCCCCCCC(C)C)OC(=O)CCCCCCCCC(C)CC. The number of phosphoric ester groups is 2. The number of esters is 4. The van der Waals surface area contributed by atoms with E-state index in [-0.39, 0.29) is 25.7 Å². The molecular formula is C66H128O17P2. The number of carbonyl (C=O) groups excluding carboxylic acids is 4. The predicted octanol–water partition coefficient (Wildman–Crippen LogP) is 18.1. The van der Waals surface area contributed by atoms with Gasteiger partial charge in [0, 0.05) is 25.7 Å². The molecule has 0 saturated heterocycles. The highest BCUT2D eigenvalue weighted by molar-refractivity contribution is 7.47. The molecule has 19 heteroatoms. The molecule has 0 aromatic heterocycles. The number of ether oxygens (including phenoxy) is 4. The Kier molecular flexibility index (Phi) is 54.8. The van der Waals surface area contributed by atoms with Crippen LogP contribution in [0.2, 0.25) is 0 Å². The smallest absolute Gasteiger partial charge is 0.462 e. The van der Waals surface area contributed by atoms with Crippen LogP contribution in [-0.2, 0) is 65.4 Å². The van der Waals surface area contributed by atoms with Crippen molar-refractivity contribution in [2.75, 3.05) is 39.6 Å². The van der Waals surface area contributed by atoms with E-state index in [0.29, 0.717) is 31.6 Å². The van der Waals surface area contributed by atoms with Crippen LogP contribution in [-0.4, -0.2) is 96.7 Å². The van der Waals surface area contributed by atoms with Gasteiger partial charge in [-0.25, -0.2) is 9.13 Å². The van der Waals surface area contributed by atoms with Crippen molar-refractivity contribution in [2.45, 2.75) is 337 Å². The van der Waals surface area contributed by atoms with Crippen molar-refractivity contribution < 1.29 is 80.2 Å². The molecule has 0 rings (SSSR count). The fourth-order valence-electron chi connectivity index (χ4n) is 9.72. The summed E-state index contributed by atoms with van der Waals surface area (Å²) < 4.78 is 68.1. The first kappa shape index (κ1) is 83.1. The lowest BCUT2D eigenvalue weighted by Gasteiger charge is -2.21. The Hall–Kier alpha value is -1.94. The molecule has 0 aromatic rings. The highest BCUT2D eigenvalue weighted by Gasteiger charge is 2.30. The van der Waals surface area contributed by atoms with Gasteiger partial charge in [-0.15, -0.1) is 0 Å². The van der Waals surface area contributed by atoms with Gasteiger partial charge in [0.05, 0.1) is 26.4 Å². The third kappa shape index (κ3) is 58.2. The van der Waals surface area contributed by atoms with E-state index in [1.165, 1.54) is 116 Å². The summed E-state index contributed by atoms with van der Waals surface area (Å²) >= 11 is 0. The maximum Gasteiger partial charge on any atom is 0.472 e. The lowest BCUT2D eigenvalue weighted by molar-refractivity contribution is -0.161. The van der Waals surface area contributed by atoms with Crippen LogP contribution in [0.5, 0.6) is 0 Å². The molecule has 0 radical (unpaired) electrons. The van der Waals surface area contributed by atoms with Gasteiger partial charge in [0.15, 0.2) is 12.2 Å². The van der Waals surface area contributed by atoms with E-state index in [9.17, 15) is 43.2 Å². The molecule has 0 amide bonds. The number of hydrogen-bond donors (Lipinski definition) is 3. The van der Waals surface area contributed by atoms with Gasteiger partial charge in [-0.05, 0) is 49.4 Å². The summed E-state index contributed by atoms with van der Waals surface area (Å²) in [6, 6.07) is 0. The van der Waals surface area contributed by atoms with E-state index < -0.39 is 97.5 Å². The molecule has 0 bridgehead atoms. The zero-order valence-corrected chi connectivity index (χ0v) is 57.0. The third-order valence-corrected chi connectivity index (χ3v) is 17.7. The monoisotopic (exact) mass is 1250 g/mol. The molecule has 0 aliphatic carbocycles. The minimum absolute atomic E-state index is 0.102. The Morgan fingerprint density at radius 1 is 0.329 bits per heavy atom. The van der Waals surface area contributed by atoms with Crippen LogP contribution in [0, 0.1) is 23.7 Å². The minimum atomic E-state index is -4.95. The van der Waals surface area contributed by atoms with Crippen molar-refractivity contribution >= 4 is 39.5 Å². The topological polar surface area (TPSA) is 237 Å². The Labute approximate surface area is 517 Å². The summed E-state index contributed by atoms with van der Waals surface area (Å²) in [4.78, 5) is 72.3. The van der Waals surface area contributed by atoms with E-state index in [0.717, 1.165) is 114 Å². The Bertz CT molecular complexity index is 1700. The van der Waals surface area contributed by atoms with Gasteiger partial charge in [-0.3, -0.25) is 37.3 Å². The average molecular weight is 1260 g/mol. The van der Waals surface area contributed by atoms with Crippen molar-refractivity contribution in [2.24, 2.45) is 23.7 Å². The molecule has 504 valence electrons. The number of hydrogen-bond acceptors (Lipinski definition) is 15. The van der Waals surface area contributed by atoms with Gasteiger partial charge in [-0.1, -0.05) is 267 Å². The van der Waals surface area contributed by atoms with Crippen LogP contribution in [0.25, 0.3) is 0 Å². The molecule has 0 spiro atoms. The molecule has 0 fully saturated rings. The van der Waals surface area contributed by atoms with Crippen molar-refractivity contribution in [1.29, 1.82) is 0 Å². The van der Waals surface area contributed by atoms with Crippen molar-refractivity contribution in [3.05, 3.63) is 0 Å². The van der Waals surface area contributed by atoms with Gasteiger partial charge in [-0.2, -0.15) is 0 Å². The maximum absolute atomic E-state index is 13.0. The molecule has 7 atom stereocenters. The highest BCUT2D eigenvalue weighted by Crippen LogP contribution is 2.45. The molecule has 0 heterocycles. The zero-order valence-electron chi connectivity index (χ0n) is 55.2. The van der Waals surface area contributed by atoms with Gasteiger partial charge in [0.25, 0.3) is 0 Å². The molecule has 17 nitrogen and oxygen atoms in total. The van der Waals surface area contributed by atoms with Gasteiger partial charge in [0.2, 0.25) is 0 Å². The first-order chi connectivity index (χ1) is 40.7. The first-order valence-corrected chi connectivity index (χ1v) is 37.3. The van der Waals surface area contributed by atoms with Crippen molar-refractivity contribution in [3.63, 3.8) is 0 Å². The van der Waals surface area contributed by atoms with Crippen LogP contribution in [0.1, 0.15) is 319 Å². The fraction of sp³-hybridized carbons (Fsp3) is 0.939. The predicted molar refractivity (Wildman–Crippen MR) is 340 cm³/mol. The molecule has 0 aliphatic rings. The molecule has 3 N–H and O–H groups in total. The minimum Gasteiger partial charge on any atom is -0.462 e. The summed E-state index contributed by atoms with van der Waals surface area (Å²) in [5.41, 5.74) is 0. The van der Waals surface area contributed by atoms with E-state index in [4.69, 9.17) is 37.0 Å². The number of carbonyl (C=O) groups is 4. The summed E-state index contributed by atoms with van der Waals surface area (Å²) in [5.74, 6) is 0.800. The zero-order chi connectivity index (χ0) is 63.2. The van der Waals surface area contributed by atoms with Gasteiger partial charge < -0.3 is 33.8 Å². The number of rotatable bonds is 63. The Balaban J connectivity index is 5.24. The van der Waals surface area contributed by atoms with Crippen LogP contribution >= 0.6 is 15.6 Å². The molecule has 85 heavy (non-hydrogen) atoms. The Morgan fingerprint density at radius 3 is 0.835 bits per heavy atom.